The Morgan fingerprint density at radius 3 is 1.22 bits per heavy atom. The van der Waals surface area contributed by atoms with Gasteiger partial charge < -0.3 is 0 Å². The lowest BCUT2D eigenvalue weighted by Crippen LogP contribution is -2.19. The Bertz CT molecular complexity index is 468. The van der Waals surface area contributed by atoms with E-state index in [9.17, 15) is 12.8 Å². The average molecular weight is 479 g/mol. The second-order valence-electron chi connectivity index (χ2n) is 9.58. The van der Waals surface area contributed by atoms with Crippen LogP contribution in [0, 0.1) is 0 Å². The van der Waals surface area contributed by atoms with Crippen molar-refractivity contribution in [2.24, 2.45) is 0 Å². The van der Waals surface area contributed by atoms with Crippen molar-refractivity contribution in [3.8, 4) is 0 Å². The van der Waals surface area contributed by atoms with Gasteiger partial charge in [0.25, 0.3) is 10.1 Å². The lowest BCUT2D eigenvalue weighted by molar-refractivity contribution is 0.270. The van der Waals surface area contributed by atoms with E-state index >= 15 is 0 Å². The number of alkyl halides is 1. The van der Waals surface area contributed by atoms with Crippen molar-refractivity contribution in [3.63, 3.8) is 0 Å². The van der Waals surface area contributed by atoms with Crippen molar-refractivity contribution < 1.29 is 17.0 Å². The Morgan fingerprint density at radius 1 is 0.531 bits per heavy atom. The summed E-state index contributed by atoms with van der Waals surface area (Å²) in [5.74, 6) is 0. The van der Waals surface area contributed by atoms with Gasteiger partial charge in [-0.2, -0.15) is 8.42 Å². The van der Waals surface area contributed by atoms with E-state index in [-0.39, 0.29) is 13.0 Å². The summed E-state index contributed by atoms with van der Waals surface area (Å²) >= 11 is 0. The molecule has 0 aliphatic heterocycles. The van der Waals surface area contributed by atoms with Crippen LogP contribution < -0.4 is 0 Å². The Kier molecular flexibility index (Phi) is 23.9. The summed E-state index contributed by atoms with van der Waals surface area (Å²) in [6.45, 7) is 4.54. The summed E-state index contributed by atoms with van der Waals surface area (Å²) in [5, 5.41) is 0. The van der Waals surface area contributed by atoms with Crippen LogP contribution in [0.2, 0.25) is 0 Å². The second-order valence-corrected chi connectivity index (χ2v) is 11.3. The summed E-state index contributed by atoms with van der Waals surface area (Å²) in [6.07, 6.45) is 26.5. The largest absolute Gasteiger partial charge is 0.299 e. The molecule has 0 amide bonds. The van der Waals surface area contributed by atoms with Crippen LogP contribution in [-0.2, 0) is 14.3 Å². The van der Waals surface area contributed by atoms with Crippen LogP contribution in [-0.4, -0.2) is 20.5 Å². The van der Waals surface area contributed by atoms with Crippen molar-refractivity contribution in [1.82, 2.24) is 0 Å². The molecule has 0 spiro atoms. The first-order valence-electron chi connectivity index (χ1n) is 14.1. The number of halogens is 1. The van der Waals surface area contributed by atoms with Crippen molar-refractivity contribution >= 4 is 10.1 Å². The molecule has 0 aromatic rings. The molecular formula is C27H55FO3S. The van der Waals surface area contributed by atoms with Gasteiger partial charge >= 0.3 is 0 Å². The minimum Gasteiger partial charge on any atom is -0.268 e. The predicted octanol–water partition coefficient (Wildman–Crippen LogP) is 9.64. The minimum atomic E-state index is -4.05. The quantitative estimate of drug-likeness (QED) is 0.0917. The van der Waals surface area contributed by atoms with Crippen molar-refractivity contribution in [2.45, 2.75) is 167 Å². The fraction of sp³-hybridized carbons (Fsp3) is 1.00. The van der Waals surface area contributed by atoms with Crippen molar-refractivity contribution in [2.75, 3.05) is 6.61 Å². The number of unbranched alkanes of at least 4 members (excludes halogenated alkanes) is 20. The molecule has 194 valence electrons. The predicted molar refractivity (Wildman–Crippen MR) is 137 cm³/mol. The molecule has 0 bridgehead atoms. The van der Waals surface area contributed by atoms with E-state index in [2.05, 4.69) is 13.8 Å². The Balaban J connectivity index is 3.39. The summed E-state index contributed by atoms with van der Waals surface area (Å²) in [6, 6.07) is 0. The van der Waals surface area contributed by atoms with E-state index in [1.807, 2.05) is 0 Å². The standard InChI is InChI=1S/C27H55FO3S/c1-3-5-7-9-11-12-13-14-15-16-17-18-19-20-22-24-26-31-32(29,30)27(28)25-23-21-10-8-6-4-2/h27H,3-26H2,1-2H3. The van der Waals surface area contributed by atoms with Crippen LogP contribution in [0.4, 0.5) is 4.39 Å². The lowest BCUT2D eigenvalue weighted by atomic mass is 10.0. The van der Waals surface area contributed by atoms with Gasteiger partial charge in [-0.3, -0.25) is 4.18 Å². The zero-order chi connectivity index (χ0) is 23.8. The summed E-state index contributed by atoms with van der Waals surface area (Å²) < 4.78 is 42.6. The first-order valence-corrected chi connectivity index (χ1v) is 15.5. The molecule has 0 radical (unpaired) electrons. The molecule has 0 heterocycles. The van der Waals surface area contributed by atoms with Gasteiger partial charge in [-0.05, 0) is 19.3 Å². The highest BCUT2D eigenvalue weighted by molar-refractivity contribution is 7.87. The smallest absolute Gasteiger partial charge is 0.268 e. The summed E-state index contributed by atoms with van der Waals surface area (Å²) in [4.78, 5) is 0. The SMILES string of the molecule is CCCCCCCCCCCCCCCCCCOS(=O)(=O)C(F)CCCCCCCC. The van der Waals surface area contributed by atoms with Crippen LogP contribution in [0.3, 0.4) is 0 Å². The Hall–Kier alpha value is -0.160. The highest BCUT2D eigenvalue weighted by atomic mass is 32.2. The lowest BCUT2D eigenvalue weighted by Gasteiger charge is -2.10. The van der Waals surface area contributed by atoms with Gasteiger partial charge in [0.05, 0.1) is 6.61 Å². The summed E-state index contributed by atoms with van der Waals surface area (Å²) in [7, 11) is -4.05. The Morgan fingerprint density at radius 2 is 0.844 bits per heavy atom. The monoisotopic (exact) mass is 478 g/mol. The topological polar surface area (TPSA) is 43.4 Å². The normalized spacial score (nSPS) is 13.0. The molecule has 3 nitrogen and oxygen atoms in total. The van der Waals surface area contributed by atoms with Gasteiger partial charge in [-0.25, -0.2) is 4.39 Å². The van der Waals surface area contributed by atoms with E-state index in [1.54, 1.807) is 0 Å². The van der Waals surface area contributed by atoms with Crippen molar-refractivity contribution in [3.05, 3.63) is 0 Å². The Labute approximate surface area is 200 Å². The molecule has 0 saturated heterocycles. The maximum Gasteiger partial charge on any atom is 0.299 e. The third-order valence-corrected chi connectivity index (χ3v) is 7.70. The maximum absolute atomic E-state index is 14.0. The molecule has 5 heteroatoms. The first kappa shape index (κ1) is 31.8. The number of hydrogen-bond donors (Lipinski definition) is 0. The van der Waals surface area contributed by atoms with Crippen molar-refractivity contribution in [1.29, 1.82) is 0 Å². The molecule has 0 fully saturated rings. The zero-order valence-electron chi connectivity index (χ0n) is 21.6. The van der Waals surface area contributed by atoms with E-state index < -0.39 is 15.6 Å². The summed E-state index contributed by atoms with van der Waals surface area (Å²) in [5.41, 5.74) is -1.87. The number of rotatable bonds is 26. The molecule has 1 atom stereocenters. The molecular weight excluding hydrogens is 423 g/mol. The minimum absolute atomic E-state index is 0.0629. The molecule has 0 N–H and O–H groups in total. The van der Waals surface area contributed by atoms with E-state index in [4.69, 9.17) is 4.18 Å². The molecule has 0 aromatic carbocycles. The molecule has 1 unspecified atom stereocenters. The molecule has 0 aliphatic carbocycles. The highest BCUT2D eigenvalue weighted by Gasteiger charge is 2.25. The molecule has 0 saturated carbocycles. The highest BCUT2D eigenvalue weighted by Crippen LogP contribution is 2.17. The van der Waals surface area contributed by atoms with E-state index in [0.717, 1.165) is 32.1 Å². The maximum atomic E-state index is 14.0. The van der Waals surface area contributed by atoms with Gasteiger partial charge in [-0.1, -0.05) is 142 Å². The van der Waals surface area contributed by atoms with Gasteiger partial charge in [-0.15, -0.1) is 0 Å². The molecule has 0 rings (SSSR count). The zero-order valence-corrected chi connectivity index (χ0v) is 22.4. The van der Waals surface area contributed by atoms with Crippen LogP contribution in [0.25, 0.3) is 0 Å². The van der Waals surface area contributed by atoms with Crippen LogP contribution in [0.5, 0.6) is 0 Å². The molecule has 32 heavy (non-hydrogen) atoms. The third-order valence-electron chi connectivity index (χ3n) is 6.34. The van der Waals surface area contributed by atoms with Crippen LogP contribution >= 0.6 is 0 Å². The number of hydrogen-bond acceptors (Lipinski definition) is 3. The fourth-order valence-corrected chi connectivity index (χ4v) is 5.08. The first-order chi connectivity index (χ1) is 15.5. The molecule has 0 aliphatic rings. The molecule has 0 aromatic heterocycles. The van der Waals surface area contributed by atoms with Gasteiger partial charge in [0.1, 0.15) is 0 Å². The fourth-order valence-electron chi connectivity index (χ4n) is 4.13. The van der Waals surface area contributed by atoms with E-state index in [0.29, 0.717) is 12.8 Å². The second kappa shape index (κ2) is 24.0. The van der Waals surface area contributed by atoms with Gasteiger partial charge in [0.2, 0.25) is 5.50 Å². The van der Waals surface area contributed by atoms with E-state index in [1.165, 1.54) is 96.3 Å². The van der Waals surface area contributed by atoms with Crippen LogP contribution in [0.15, 0.2) is 0 Å². The average Bonchev–Trinajstić information content (AvgIpc) is 2.78. The van der Waals surface area contributed by atoms with Gasteiger partial charge in [0, 0.05) is 0 Å². The van der Waals surface area contributed by atoms with Crippen LogP contribution in [0.1, 0.15) is 162 Å². The third kappa shape index (κ3) is 21.7. The van der Waals surface area contributed by atoms with Gasteiger partial charge in [0.15, 0.2) is 0 Å².